The highest BCUT2D eigenvalue weighted by Crippen LogP contribution is 2.30. The van der Waals surface area contributed by atoms with Gasteiger partial charge in [0.25, 0.3) is 5.91 Å². The first kappa shape index (κ1) is 18.0. The molecule has 0 saturated carbocycles. The summed E-state index contributed by atoms with van der Waals surface area (Å²) in [4.78, 5) is 24.8. The molecule has 1 heterocycles. The van der Waals surface area contributed by atoms with Crippen molar-refractivity contribution in [3.8, 4) is 0 Å². The third-order valence-electron chi connectivity index (χ3n) is 4.59. The van der Waals surface area contributed by atoms with Gasteiger partial charge in [-0.25, -0.2) is 4.79 Å². The molecule has 0 unspecified atom stereocenters. The van der Waals surface area contributed by atoms with Gasteiger partial charge >= 0.3 is 5.97 Å². The van der Waals surface area contributed by atoms with Crippen molar-refractivity contribution in [3.05, 3.63) is 63.8 Å². The van der Waals surface area contributed by atoms with Crippen LogP contribution in [0.15, 0.2) is 36.4 Å². The molecule has 0 spiro atoms. The number of methoxy groups -OCH3 is 1. The molecule has 2 aromatic carbocycles. The molecule has 0 atom stereocenters. The van der Waals surface area contributed by atoms with Gasteiger partial charge in [-0.3, -0.25) is 4.79 Å². The maximum absolute atomic E-state index is 12.8. The lowest BCUT2D eigenvalue weighted by Crippen LogP contribution is -2.17. The summed E-state index contributed by atoms with van der Waals surface area (Å²) in [6, 6.07) is 11.0. The predicted octanol–water partition coefficient (Wildman–Crippen LogP) is 4.49. The number of nitrogens with zero attached hydrogens (tertiary/aromatic N) is 1. The van der Waals surface area contributed by atoms with Gasteiger partial charge in [-0.1, -0.05) is 29.8 Å². The highest BCUT2D eigenvalue weighted by atomic mass is 35.5. The van der Waals surface area contributed by atoms with Crippen LogP contribution in [0.3, 0.4) is 0 Å². The number of fused-ring (bicyclic) bond motifs is 1. The quantitative estimate of drug-likeness (QED) is 0.691. The Hall–Kier alpha value is -2.79. The number of esters is 1. The summed E-state index contributed by atoms with van der Waals surface area (Å²) in [5.74, 6) is -0.780. The van der Waals surface area contributed by atoms with Crippen LogP contribution in [-0.4, -0.2) is 23.6 Å². The SMILES string of the molecule is COC(=O)c1cc(NC(=O)c2c(Cl)c3ccccc3n2C)cc(C)c1C. The normalized spacial score (nSPS) is 10.8. The van der Waals surface area contributed by atoms with E-state index >= 15 is 0 Å². The lowest BCUT2D eigenvalue weighted by atomic mass is 10.0. The Morgan fingerprint density at radius 3 is 2.50 bits per heavy atom. The summed E-state index contributed by atoms with van der Waals surface area (Å²) in [6.07, 6.45) is 0. The fraction of sp³-hybridized carbons (Fsp3) is 0.200. The number of anilines is 1. The zero-order chi connectivity index (χ0) is 19.0. The number of carbonyl (C=O) groups is 2. The van der Waals surface area contributed by atoms with E-state index in [2.05, 4.69) is 5.32 Å². The Morgan fingerprint density at radius 2 is 1.85 bits per heavy atom. The smallest absolute Gasteiger partial charge is 0.338 e. The number of aromatic nitrogens is 1. The number of hydrogen-bond donors (Lipinski definition) is 1. The van der Waals surface area contributed by atoms with E-state index in [4.69, 9.17) is 16.3 Å². The minimum Gasteiger partial charge on any atom is -0.465 e. The first-order valence-corrected chi connectivity index (χ1v) is 8.46. The monoisotopic (exact) mass is 370 g/mol. The van der Waals surface area contributed by atoms with Crippen molar-refractivity contribution < 1.29 is 14.3 Å². The number of amides is 1. The van der Waals surface area contributed by atoms with Gasteiger partial charge in [-0.05, 0) is 43.2 Å². The molecular weight excluding hydrogens is 352 g/mol. The van der Waals surface area contributed by atoms with Crippen LogP contribution in [0.5, 0.6) is 0 Å². The number of hydrogen-bond acceptors (Lipinski definition) is 3. The van der Waals surface area contributed by atoms with Gasteiger partial charge < -0.3 is 14.6 Å². The molecule has 1 amide bonds. The minimum atomic E-state index is -0.440. The summed E-state index contributed by atoms with van der Waals surface area (Å²) in [5.41, 5.74) is 3.87. The first-order chi connectivity index (χ1) is 12.3. The molecule has 5 nitrogen and oxygen atoms in total. The predicted molar refractivity (Wildman–Crippen MR) is 103 cm³/mol. The molecule has 26 heavy (non-hydrogen) atoms. The third-order valence-corrected chi connectivity index (χ3v) is 4.97. The lowest BCUT2D eigenvalue weighted by Gasteiger charge is -2.12. The lowest BCUT2D eigenvalue weighted by molar-refractivity contribution is 0.0599. The molecular formula is C20H19ClN2O3. The average Bonchev–Trinajstić information content (AvgIpc) is 2.88. The number of benzene rings is 2. The third kappa shape index (κ3) is 2.95. The molecule has 6 heteroatoms. The van der Waals surface area contributed by atoms with Crippen LogP contribution in [0, 0.1) is 13.8 Å². The van der Waals surface area contributed by atoms with E-state index < -0.39 is 5.97 Å². The number of carbonyl (C=O) groups excluding carboxylic acids is 2. The van der Waals surface area contributed by atoms with Crippen molar-refractivity contribution in [2.45, 2.75) is 13.8 Å². The van der Waals surface area contributed by atoms with Gasteiger partial charge in [-0.2, -0.15) is 0 Å². The van der Waals surface area contributed by atoms with Crippen LogP contribution in [0.25, 0.3) is 10.9 Å². The second kappa shape index (κ2) is 6.84. The van der Waals surface area contributed by atoms with E-state index in [1.165, 1.54) is 7.11 Å². The summed E-state index contributed by atoms with van der Waals surface area (Å²) < 4.78 is 6.58. The van der Waals surface area contributed by atoms with Crippen molar-refractivity contribution in [1.82, 2.24) is 4.57 Å². The number of halogens is 1. The topological polar surface area (TPSA) is 60.3 Å². The molecule has 0 fully saturated rings. The number of rotatable bonds is 3. The van der Waals surface area contributed by atoms with E-state index in [0.717, 1.165) is 22.0 Å². The Balaban J connectivity index is 2.02. The van der Waals surface area contributed by atoms with Gasteiger partial charge in [0.15, 0.2) is 0 Å². The molecule has 0 aliphatic carbocycles. The maximum atomic E-state index is 12.8. The Bertz CT molecular complexity index is 998. The van der Waals surface area contributed by atoms with Crippen LogP contribution in [0.4, 0.5) is 5.69 Å². The molecule has 0 radical (unpaired) electrons. The van der Waals surface area contributed by atoms with Crippen LogP contribution in [0.2, 0.25) is 5.02 Å². The molecule has 1 N–H and O–H groups in total. The van der Waals surface area contributed by atoms with Crippen LogP contribution in [0.1, 0.15) is 32.0 Å². The molecule has 3 rings (SSSR count). The zero-order valence-electron chi connectivity index (χ0n) is 15.0. The van der Waals surface area contributed by atoms with Crippen molar-refractivity contribution >= 4 is 40.1 Å². The van der Waals surface area contributed by atoms with Crippen LogP contribution >= 0.6 is 11.6 Å². The standard InChI is InChI=1S/C20H19ClN2O3/c1-11-9-13(10-15(12(11)2)20(25)26-4)22-19(24)18-17(21)14-7-5-6-8-16(14)23(18)3/h5-10H,1-4H3,(H,22,24). The Morgan fingerprint density at radius 1 is 1.15 bits per heavy atom. The van der Waals surface area contributed by atoms with E-state index in [1.807, 2.05) is 44.2 Å². The van der Waals surface area contributed by atoms with E-state index in [9.17, 15) is 9.59 Å². The van der Waals surface area contributed by atoms with Crippen molar-refractivity contribution in [3.63, 3.8) is 0 Å². The van der Waals surface area contributed by atoms with Crippen molar-refractivity contribution in [1.29, 1.82) is 0 Å². The van der Waals surface area contributed by atoms with Gasteiger partial charge in [-0.15, -0.1) is 0 Å². The molecule has 0 aliphatic rings. The largest absolute Gasteiger partial charge is 0.465 e. The number of nitrogens with one attached hydrogen (secondary N) is 1. The highest BCUT2D eigenvalue weighted by Gasteiger charge is 2.21. The molecule has 1 aromatic heterocycles. The van der Waals surface area contributed by atoms with Gasteiger partial charge in [0.05, 0.1) is 17.7 Å². The van der Waals surface area contributed by atoms with Gasteiger partial charge in [0.1, 0.15) is 5.69 Å². The second-order valence-corrected chi connectivity index (χ2v) is 6.53. The van der Waals surface area contributed by atoms with E-state index in [1.54, 1.807) is 17.7 Å². The number of aryl methyl sites for hydroxylation is 2. The van der Waals surface area contributed by atoms with Crippen LogP contribution in [-0.2, 0) is 11.8 Å². The summed E-state index contributed by atoms with van der Waals surface area (Å²) in [7, 11) is 3.13. The van der Waals surface area contributed by atoms with E-state index in [0.29, 0.717) is 22.0 Å². The molecule has 0 aliphatic heterocycles. The molecule has 0 saturated heterocycles. The Labute approximate surface area is 156 Å². The maximum Gasteiger partial charge on any atom is 0.338 e. The summed E-state index contributed by atoms with van der Waals surface area (Å²) in [6.45, 7) is 3.72. The molecule has 0 bridgehead atoms. The fourth-order valence-corrected chi connectivity index (χ4v) is 3.42. The summed E-state index contributed by atoms with van der Waals surface area (Å²) in [5, 5.41) is 4.05. The van der Waals surface area contributed by atoms with Crippen molar-refractivity contribution in [2.24, 2.45) is 7.05 Å². The van der Waals surface area contributed by atoms with Crippen molar-refractivity contribution in [2.75, 3.05) is 12.4 Å². The van der Waals surface area contributed by atoms with Gasteiger partial charge in [0, 0.05) is 23.6 Å². The molecule has 3 aromatic rings. The number of para-hydroxylation sites is 1. The highest BCUT2D eigenvalue weighted by molar-refractivity contribution is 6.39. The minimum absolute atomic E-state index is 0.340. The Kier molecular flexibility index (Phi) is 4.74. The van der Waals surface area contributed by atoms with Gasteiger partial charge in [0.2, 0.25) is 0 Å². The second-order valence-electron chi connectivity index (χ2n) is 6.15. The number of ether oxygens (including phenoxy) is 1. The average molecular weight is 371 g/mol. The summed E-state index contributed by atoms with van der Waals surface area (Å²) >= 11 is 6.43. The first-order valence-electron chi connectivity index (χ1n) is 8.09. The van der Waals surface area contributed by atoms with Crippen LogP contribution < -0.4 is 5.32 Å². The fourth-order valence-electron chi connectivity index (χ4n) is 3.04. The zero-order valence-corrected chi connectivity index (χ0v) is 15.8. The molecule has 134 valence electrons. The van der Waals surface area contributed by atoms with E-state index in [-0.39, 0.29) is 5.91 Å².